The molecule has 0 spiro atoms. The van der Waals surface area contributed by atoms with Gasteiger partial charge >= 0.3 is 0 Å². The van der Waals surface area contributed by atoms with Crippen LogP contribution in [0.25, 0.3) is 0 Å². The number of hydrogen-bond acceptors (Lipinski definition) is 8. The minimum absolute atomic E-state index is 0.0528. The Bertz CT molecular complexity index is 442. The standard InChI is InChI=1S/C8H18O10S2/c1-2-8(18-5-17-7-20(12,13)14)3-15-4-16-6-19(9,10)11/h8H,2-7H2,1H3,(H,9,10,11)(H,12,13,14). The van der Waals surface area contributed by atoms with Crippen LogP contribution in [0.4, 0.5) is 0 Å². The maximum Gasteiger partial charge on any atom is 0.289 e. The van der Waals surface area contributed by atoms with Crippen molar-refractivity contribution >= 4 is 20.2 Å². The Balaban J connectivity index is 3.67. The summed E-state index contributed by atoms with van der Waals surface area (Å²) < 4.78 is 77.1. The minimum Gasteiger partial charge on any atom is -0.353 e. The minimum atomic E-state index is -4.20. The van der Waals surface area contributed by atoms with E-state index >= 15 is 0 Å². The molecule has 2 N–H and O–H groups in total. The number of hydrogen-bond donors (Lipinski definition) is 2. The zero-order chi connectivity index (χ0) is 15.6. The molecule has 0 aromatic rings. The van der Waals surface area contributed by atoms with Gasteiger partial charge in [0.15, 0.2) is 11.9 Å². The molecule has 0 bridgehead atoms. The van der Waals surface area contributed by atoms with E-state index in [1.54, 1.807) is 6.92 Å². The van der Waals surface area contributed by atoms with Crippen LogP contribution < -0.4 is 0 Å². The average Bonchev–Trinajstić information content (AvgIpc) is 2.28. The first kappa shape index (κ1) is 19.7. The van der Waals surface area contributed by atoms with Crippen molar-refractivity contribution in [1.82, 2.24) is 0 Å². The molecule has 0 radical (unpaired) electrons. The molecule has 0 aliphatic rings. The van der Waals surface area contributed by atoms with E-state index in [1.807, 2.05) is 0 Å². The second-order valence-electron chi connectivity index (χ2n) is 3.61. The Morgan fingerprint density at radius 3 is 1.85 bits per heavy atom. The maximum atomic E-state index is 10.3. The van der Waals surface area contributed by atoms with E-state index in [0.29, 0.717) is 6.42 Å². The molecule has 12 heteroatoms. The Kier molecular flexibility index (Phi) is 9.41. The van der Waals surface area contributed by atoms with E-state index in [9.17, 15) is 16.8 Å². The lowest BCUT2D eigenvalue weighted by Crippen LogP contribution is -2.23. The van der Waals surface area contributed by atoms with Crippen molar-refractivity contribution in [3.63, 3.8) is 0 Å². The van der Waals surface area contributed by atoms with Crippen LogP contribution in [0, 0.1) is 0 Å². The van der Waals surface area contributed by atoms with Gasteiger partial charge < -0.3 is 18.9 Å². The largest absolute Gasteiger partial charge is 0.353 e. The van der Waals surface area contributed by atoms with E-state index in [4.69, 9.17) is 18.6 Å². The van der Waals surface area contributed by atoms with Gasteiger partial charge in [0.05, 0.1) is 12.7 Å². The molecular formula is C8H18O10S2. The van der Waals surface area contributed by atoms with Crippen LogP contribution in [0.1, 0.15) is 13.3 Å². The van der Waals surface area contributed by atoms with Crippen molar-refractivity contribution in [2.45, 2.75) is 19.4 Å². The predicted molar refractivity (Wildman–Crippen MR) is 65.9 cm³/mol. The van der Waals surface area contributed by atoms with Crippen LogP contribution in [0.3, 0.4) is 0 Å². The van der Waals surface area contributed by atoms with Crippen LogP contribution in [0.5, 0.6) is 0 Å². The third kappa shape index (κ3) is 14.1. The molecule has 0 aliphatic carbocycles. The SMILES string of the molecule is CCC(COCOCS(=O)(=O)O)OCOCS(=O)(=O)O. The fourth-order valence-corrected chi connectivity index (χ4v) is 1.50. The summed E-state index contributed by atoms with van der Waals surface area (Å²) in [4.78, 5) is 0. The molecule has 0 saturated carbocycles. The fraction of sp³-hybridized carbons (Fsp3) is 1.00. The summed E-state index contributed by atoms with van der Waals surface area (Å²) >= 11 is 0. The van der Waals surface area contributed by atoms with Crippen LogP contribution in [-0.4, -0.2) is 64.1 Å². The van der Waals surface area contributed by atoms with Gasteiger partial charge in [0.2, 0.25) is 0 Å². The first-order chi connectivity index (χ1) is 9.14. The molecule has 0 fully saturated rings. The van der Waals surface area contributed by atoms with Gasteiger partial charge in [-0.25, -0.2) is 0 Å². The molecule has 0 amide bonds. The summed E-state index contributed by atoms with van der Waals surface area (Å²) in [5.74, 6) is -1.75. The lowest BCUT2D eigenvalue weighted by Gasteiger charge is -2.15. The van der Waals surface area contributed by atoms with E-state index in [1.165, 1.54) is 0 Å². The molecule has 10 nitrogen and oxygen atoms in total. The maximum absolute atomic E-state index is 10.3. The number of rotatable bonds is 12. The van der Waals surface area contributed by atoms with Crippen LogP contribution in [0.2, 0.25) is 0 Å². The van der Waals surface area contributed by atoms with E-state index < -0.39 is 38.2 Å². The topological polar surface area (TPSA) is 146 Å². The predicted octanol–water partition coefficient (Wildman–Crippen LogP) is -0.563. The lowest BCUT2D eigenvalue weighted by atomic mass is 10.3. The van der Waals surface area contributed by atoms with Crippen molar-refractivity contribution in [2.75, 3.05) is 32.1 Å². The number of ether oxygens (including phenoxy) is 4. The molecule has 0 saturated heterocycles. The molecule has 0 aromatic carbocycles. The Morgan fingerprint density at radius 1 is 0.900 bits per heavy atom. The van der Waals surface area contributed by atoms with Gasteiger partial charge in [-0.05, 0) is 6.42 Å². The highest BCUT2D eigenvalue weighted by atomic mass is 32.2. The molecular weight excluding hydrogens is 320 g/mol. The second kappa shape index (κ2) is 9.57. The van der Waals surface area contributed by atoms with Crippen LogP contribution in [0.15, 0.2) is 0 Å². The van der Waals surface area contributed by atoms with Gasteiger partial charge in [0.1, 0.15) is 13.6 Å². The normalized spacial score (nSPS) is 14.3. The van der Waals surface area contributed by atoms with Crippen molar-refractivity contribution < 1.29 is 44.9 Å². The molecule has 0 aromatic heterocycles. The van der Waals surface area contributed by atoms with E-state index in [2.05, 4.69) is 9.47 Å². The third-order valence-corrected chi connectivity index (χ3v) is 2.71. The Morgan fingerprint density at radius 2 is 1.40 bits per heavy atom. The summed E-state index contributed by atoms with van der Waals surface area (Å²) in [6.07, 6.45) is 0.0961. The van der Waals surface area contributed by atoms with E-state index in [0.717, 1.165) is 0 Å². The quantitative estimate of drug-likeness (QED) is 0.269. The van der Waals surface area contributed by atoms with Gasteiger partial charge in [-0.3, -0.25) is 9.11 Å². The van der Waals surface area contributed by atoms with Gasteiger partial charge in [-0.15, -0.1) is 0 Å². The van der Waals surface area contributed by atoms with Crippen molar-refractivity contribution in [2.24, 2.45) is 0 Å². The average molecular weight is 338 g/mol. The highest BCUT2D eigenvalue weighted by Crippen LogP contribution is 2.00. The summed E-state index contributed by atoms with van der Waals surface area (Å²) in [6, 6.07) is 0. The Hall–Kier alpha value is -0.340. The highest BCUT2D eigenvalue weighted by molar-refractivity contribution is 7.85. The van der Waals surface area contributed by atoms with Gasteiger partial charge in [-0.2, -0.15) is 16.8 Å². The molecule has 0 aliphatic heterocycles. The Labute approximate surface area is 117 Å². The summed E-state index contributed by atoms with van der Waals surface area (Å²) in [5.41, 5.74) is 0. The first-order valence-electron chi connectivity index (χ1n) is 5.39. The summed E-state index contributed by atoms with van der Waals surface area (Å²) in [5, 5.41) is 0. The molecule has 1 atom stereocenters. The molecule has 0 rings (SSSR count). The molecule has 122 valence electrons. The highest BCUT2D eigenvalue weighted by Gasteiger charge is 2.10. The second-order valence-corrected chi connectivity index (χ2v) is 6.41. The summed E-state index contributed by atoms with van der Waals surface area (Å²) in [7, 11) is -8.40. The molecule has 0 heterocycles. The van der Waals surface area contributed by atoms with Crippen LogP contribution in [-0.2, 0) is 39.2 Å². The van der Waals surface area contributed by atoms with Crippen LogP contribution >= 0.6 is 0 Å². The lowest BCUT2D eigenvalue weighted by molar-refractivity contribution is -0.125. The fourth-order valence-electron chi connectivity index (χ4n) is 0.945. The summed E-state index contributed by atoms with van der Waals surface area (Å²) in [6.45, 7) is 1.12. The van der Waals surface area contributed by atoms with Gasteiger partial charge in [0, 0.05) is 0 Å². The third-order valence-electron chi connectivity index (χ3n) is 1.78. The van der Waals surface area contributed by atoms with Crippen molar-refractivity contribution in [3.8, 4) is 0 Å². The molecule has 1 unspecified atom stereocenters. The zero-order valence-corrected chi connectivity index (χ0v) is 12.4. The monoisotopic (exact) mass is 338 g/mol. The first-order valence-corrected chi connectivity index (χ1v) is 8.61. The van der Waals surface area contributed by atoms with E-state index in [-0.39, 0.29) is 20.2 Å². The zero-order valence-electron chi connectivity index (χ0n) is 10.8. The van der Waals surface area contributed by atoms with Crippen molar-refractivity contribution in [1.29, 1.82) is 0 Å². The van der Waals surface area contributed by atoms with Gasteiger partial charge in [0.25, 0.3) is 20.2 Å². The molecule has 20 heavy (non-hydrogen) atoms. The van der Waals surface area contributed by atoms with Gasteiger partial charge in [-0.1, -0.05) is 6.92 Å². The van der Waals surface area contributed by atoms with Crippen molar-refractivity contribution in [3.05, 3.63) is 0 Å². The smallest absolute Gasteiger partial charge is 0.289 e.